The zero-order chi connectivity index (χ0) is 18.6. The molecule has 1 aliphatic carbocycles. The zero-order valence-electron chi connectivity index (χ0n) is 15.0. The van der Waals surface area contributed by atoms with E-state index in [2.05, 4.69) is 0 Å². The van der Waals surface area contributed by atoms with Gasteiger partial charge in [-0.1, -0.05) is 60.7 Å². The molecule has 1 aliphatic rings. The van der Waals surface area contributed by atoms with Gasteiger partial charge in [0.05, 0.1) is 6.61 Å². The summed E-state index contributed by atoms with van der Waals surface area (Å²) >= 11 is 0. The summed E-state index contributed by atoms with van der Waals surface area (Å²) in [6, 6.07) is 18.9. The van der Waals surface area contributed by atoms with Crippen LogP contribution in [0.2, 0.25) is 0 Å². The number of esters is 1. The third-order valence-electron chi connectivity index (χ3n) is 4.59. The molecule has 3 rings (SSSR count). The predicted octanol–water partition coefficient (Wildman–Crippen LogP) is 4.12. The van der Waals surface area contributed by atoms with Gasteiger partial charge in [-0.2, -0.15) is 0 Å². The van der Waals surface area contributed by atoms with Crippen molar-refractivity contribution in [1.29, 1.82) is 0 Å². The van der Waals surface area contributed by atoms with Gasteiger partial charge in [-0.05, 0) is 12.5 Å². The summed E-state index contributed by atoms with van der Waals surface area (Å²) in [4.78, 5) is 25.3. The average Bonchev–Trinajstić information content (AvgIpc) is 2.65. The van der Waals surface area contributed by atoms with Crippen LogP contribution in [0.15, 0.2) is 72.5 Å². The van der Waals surface area contributed by atoms with Crippen molar-refractivity contribution in [2.75, 3.05) is 6.61 Å². The molecule has 4 heteroatoms. The van der Waals surface area contributed by atoms with Gasteiger partial charge in [-0.15, -0.1) is 0 Å². The Labute approximate surface area is 153 Å². The van der Waals surface area contributed by atoms with Gasteiger partial charge in [-0.3, -0.25) is 9.59 Å². The molecular weight excluding hydrogens is 328 g/mol. The molecule has 2 atom stereocenters. The first-order valence-electron chi connectivity index (χ1n) is 8.75. The first-order chi connectivity index (χ1) is 12.6. The van der Waals surface area contributed by atoms with Crippen LogP contribution in [-0.4, -0.2) is 18.4 Å². The van der Waals surface area contributed by atoms with Crippen molar-refractivity contribution < 1.29 is 19.1 Å². The smallest absolute Gasteiger partial charge is 0.304 e. The fraction of sp³-hybridized carbons (Fsp3) is 0.273. The number of ketones is 1. The molecule has 4 nitrogen and oxygen atoms in total. The second-order valence-electron chi connectivity index (χ2n) is 6.27. The summed E-state index contributed by atoms with van der Waals surface area (Å²) in [5.41, 5.74) is 0.201. The van der Waals surface area contributed by atoms with E-state index in [9.17, 15) is 9.59 Å². The van der Waals surface area contributed by atoms with Gasteiger partial charge in [0.15, 0.2) is 0 Å². The maximum absolute atomic E-state index is 13.3. The van der Waals surface area contributed by atoms with E-state index in [1.807, 2.05) is 67.6 Å². The molecule has 0 fully saturated rings. The Hall–Kier alpha value is -2.88. The molecule has 0 heterocycles. The monoisotopic (exact) mass is 350 g/mol. The largest absolute Gasteiger partial charge is 0.498 e. The molecule has 0 bridgehead atoms. The van der Waals surface area contributed by atoms with Crippen LogP contribution in [0, 0.1) is 0 Å². The third kappa shape index (κ3) is 3.27. The van der Waals surface area contributed by atoms with Crippen molar-refractivity contribution in [3.05, 3.63) is 83.6 Å². The highest BCUT2D eigenvalue weighted by Gasteiger charge is 2.52. The SMILES string of the molecule is CCOC1=CC(=O)C(OC(C)=O)(c2ccccc2)C(c2ccccc2)C1. The Morgan fingerprint density at radius 1 is 1.08 bits per heavy atom. The molecule has 0 spiro atoms. The molecule has 0 saturated carbocycles. The highest BCUT2D eigenvalue weighted by atomic mass is 16.6. The third-order valence-corrected chi connectivity index (χ3v) is 4.59. The Morgan fingerprint density at radius 2 is 1.69 bits per heavy atom. The molecule has 2 aromatic rings. The van der Waals surface area contributed by atoms with Crippen LogP contribution in [-0.2, 0) is 24.7 Å². The topological polar surface area (TPSA) is 52.6 Å². The average molecular weight is 350 g/mol. The molecule has 0 radical (unpaired) electrons. The van der Waals surface area contributed by atoms with Crippen LogP contribution in [0.25, 0.3) is 0 Å². The Morgan fingerprint density at radius 3 is 2.27 bits per heavy atom. The van der Waals surface area contributed by atoms with Crippen LogP contribution in [0.1, 0.15) is 37.3 Å². The van der Waals surface area contributed by atoms with Crippen LogP contribution in [0.3, 0.4) is 0 Å². The lowest BCUT2D eigenvalue weighted by Crippen LogP contribution is -2.47. The van der Waals surface area contributed by atoms with Crippen LogP contribution in [0.5, 0.6) is 0 Å². The van der Waals surface area contributed by atoms with Crippen LogP contribution >= 0.6 is 0 Å². The lowest BCUT2D eigenvalue weighted by Gasteiger charge is -2.41. The van der Waals surface area contributed by atoms with Crippen molar-refractivity contribution in [2.45, 2.75) is 31.8 Å². The number of rotatable bonds is 5. The Bertz CT molecular complexity index is 811. The summed E-state index contributed by atoms with van der Waals surface area (Å²) in [5.74, 6) is -0.516. The van der Waals surface area contributed by atoms with E-state index >= 15 is 0 Å². The molecule has 0 aromatic heterocycles. The number of ether oxygens (including phenoxy) is 2. The van der Waals surface area contributed by atoms with Gasteiger partial charge in [0.25, 0.3) is 0 Å². The molecule has 0 N–H and O–H groups in total. The first kappa shape index (κ1) is 17.9. The van der Waals surface area contributed by atoms with E-state index in [0.717, 1.165) is 5.56 Å². The standard InChI is InChI=1S/C22H22O4/c1-3-25-19-14-20(17-10-6-4-7-11-17)22(21(24)15-19,26-16(2)23)18-12-8-5-9-13-18/h4-13,15,20H,3,14H2,1-2H3. The van der Waals surface area contributed by atoms with Gasteiger partial charge in [0.2, 0.25) is 11.4 Å². The Kier molecular flexibility index (Phi) is 5.21. The van der Waals surface area contributed by atoms with Crippen LogP contribution in [0.4, 0.5) is 0 Å². The van der Waals surface area contributed by atoms with E-state index in [4.69, 9.17) is 9.47 Å². The molecule has 2 aromatic carbocycles. The number of hydrogen-bond donors (Lipinski definition) is 0. The molecule has 0 aliphatic heterocycles. The summed E-state index contributed by atoms with van der Waals surface area (Å²) in [6.07, 6.45) is 1.95. The fourth-order valence-electron chi connectivity index (χ4n) is 3.59. The molecule has 26 heavy (non-hydrogen) atoms. The molecule has 2 unspecified atom stereocenters. The summed E-state index contributed by atoms with van der Waals surface area (Å²) < 4.78 is 11.4. The second-order valence-corrected chi connectivity index (χ2v) is 6.27. The first-order valence-corrected chi connectivity index (χ1v) is 8.75. The van der Waals surface area contributed by atoms with E-state index in [0.29, 0.717) is 24.4 Å². The minimum atomic E-state index is -1.39. The van der Waals surface area contributed by atoms with Crippen molar-refractivity contribution in [1.82, 2.24) is 0 Å². The number of carbonyl (C=O) groups is 2. The van der Waals surface area contributed by atoms with E-state index in [1.165, 1.54) is 13.0 Å². The van der Waals surface area contributed by atoms with Crippen molar-refractivity contribution >= 4 is 11.8 Å². The van der Waals surface area contributed by atoms with E-state index in [1.54, 1.807) is 0 Å². The minimum Gasteiger partial charge on any atom is -0.498 e. The maximum Gasteiger partial charge on any atom is 0.304 e. The summed E-state index contributed by atoms with van der Waals surface area (Å²) in [5, 5.41) is 0. The summed E-state index contributed by atoms with van der Waals surface area (Å²) in [6.45, 7) is 3.70. The number of carbonyl (C=O) groups excluding carboxylic acids is 2. The maximum atomic E-state index is 13.3. The lowest BCUT2D eigenvalue weighted by molar-refractivity contribution is -0.169. The lowest BCUT2D eigenvalue weighted by atomic mass is 9.69. The molecular formula is C22H22O4. The number of benzene rings is 2. The second kappa shape index (κ2) is 7.56. The highest BCUT2D eigenvalue weighted by Crippen LogP contribution is 2.48. The van der Waals surface area contributed by atoms with Gasteiger partial charge in [-0.25, -0.2) is 0 Å². The normalized spacial score (nSPS) is 22.5. The van der Waals surface area contributed by atoms with E-state index in [-0.39, 0.29) is 11.7 Å². The van der Waals surface area contributed by atoms with Crippen LogP contribution < -0.4 is 0 Å². The van der Waals surface area contributed by atoms with Gasteiger partial charge in [0, 0.05) is 30.9 Å². The quantitative estimate of drug-likeness (QED) is 0.761. The summed E-state index contributed by atoms with van der Waals surface area (Å²) in [7, 11) is 0. The van der Waals surface area contributed by atoms with Gasteiger partial charge in [0.1, 0.15) is 5.76 Å². The highest BCUT2D eigenvalue weighted by molar-refractivity contribution is 6.01. The minimum absolute atomic E-state index is 0.276. The molecule has 0 amide bonds. The van der Waals surface area contributed by atoms with Crippen molar-refractivity contribution in [2.24, 2.45) is 0 Å². The number of hydrogen-bond acceptors (Lipinski definition) is 4. The van der Waals surface area contributed by atoms with Crippen molar-refractivity contribution in [3.63, 3.8) is 0 Å². The molecule has 134 valence electrons. The van der Waals surface area contributed by atoms with Gasteiger partial charge >= 0.3 is 5.97 Å². The number of allylic oxidation sites excluding steroid dienone is 1. The predicted molar refractivity (Wildman–Crippen MR) is 98.4 cm³/mol. The fourth-order valence-corrected chi connectivity index (χ4v) is 3.59. The van der Waals surface area contributed by atoms with Crippen molar-refractivity contribution in [3.8, 4) is 0 Å². The van der Waals surface area contributed by atoms with Gasteiger partial charge < -0.3 is 9.47 Å². The Balaban J connectivity index is 2.22. The molecule has 0 saturated heterocycles. The van der Waals surface area contributed by atoms with E-state index < -0.39 is 11.6 Å². The zero-order valence-corrected chi connectivity index (χ0v) is 15.0.